The van der Waals surface area contributed by atoms with E-state index in [0.29, 0.717) is 0 Å². The summed E-state index contributed by atoms with van der Waals surface area (Å²) in [7, 11) is 0. The van der Waals surface area contributed by atoms with Crippen LogP contribution >= 0.6 is 11.3 Å². The molecule has 0 bridgehead atoms. The van der Waals surface area contributed by atoms with Gasteiger partial charge in [0.25, 0.3) is 0 Å². The SMILES string of the molecule is Cc1cccc(-c2ccccc2)c1-[n+]1csc(C)c1C. The summed E-state index contributed by atoms with van der Waals surface area (Å²) in [5, 5.41) is 0. The molecule has 100 valence electrons. The van der Waals surface area contributed by atoms with Crippen LogP contribution < -0.4 is 4.57 Å². The van der Waals surface area contributed by atoms with E-state index in [4.69, 9.17) is 0 Å². The van der Waals surface area contributed by atoms with Gasteiger partial charge < -0.3 is 0 Å². The van der Waals surface area contributed by atoms with Crippen LogP contribution in [0.25, 0.3) is 16.8 Å². The summed E-state index contributed by atoms with van der Waals surface area (Å²) in [5.41, 5.74) is 8.68. The zero-order chi connectivity index (χ0) is 14.1. The Hall–Kier alpha value is -1.93. The quantitative estimate of drug-likeness (QED) is 0.603. The topological polar surface area (TPSA) is 3.88 Å². The number of nitrogens with zero attached hydrogens (tertiary/aromatic N) is 1. The molecule has 0 saturated carbocycles. The van der Waals surface area contributed by atoms with Crippen LogP contribution in [-0.2, 0) is 0 Å². The molecule has 1 nitrogen and oxygen atoms in total. The third-order valence-electron chi connectivity index (χ3n) is 3.77. The monoisotopic (exact) mass is 280 g/mol. The number of benzene rings is 2. The molecule has 2 heteroatoms. The van der Waals surface area contributed by atoms with E-state index in [2.05, 4.69) is 79.4 Å². The molecule has 0 N–H and O–H groups in total. The van der Waals surface area contributed by atoms with Crippen molar-refractivity contribution in [1.82, 2.24) is 0 Å². The zero-order valence-corrected chi connectivity index (χ0v) is 12.9. The number of para-hydroxylation sites is 1. The maximum absolute atomic E-state index is 2.32. The van der Waals surface area contributed by atoms with E-state index < -0.39 is 0 Å². The van der Waals surface area contributed by atoms with Crippen LogP contribution in [0, 0.1) is 20.8 Å². The van der Waals surface area contributed by atoms with Crippen LogP contribution in [0.15, 0.2) is 54.0 Å². The third-order valence-corrected chi connectivity index (χ3v) is 4.73. The molecule has 1 aromatic heterocycles. The smallest absolute Gasteiger partial charge is 0.153 e. The second-order valence-electron chi connectivity index (χ2n) is 5.07. The van der Waals surface area contributed by atoms with Gasteiger partial charge in [0.1, 0.15) is 0 Å². The number of hydrogen-bond donors (Lipinski definition) is 0. The van der Waals surface area contributed by atoms with Gasteiger partial charge in [-0.15, -0.1) is 0 Å². The van der Waals surface area contributed by atoms with Crippen molar-refractivity contribution in [2.75, 3.05) is 0 Å². The molecule has 3 aromatic rings. The molecule has 0 unspecified atom stereocenters. The fourth-order valence-electron chi connectivity index (χ4n) is 2.52. The van der Waals surface area contributed by atoms with Gasteiger partial charge in [0, 0.05) is 12.5 Å². The summed E-state index contributed by atoms with van der Waals surface area (Å²) >= 11 is 1.80. The summed E-state index contributed by atoms with van der Waals surface area (Å²) in [6.45, 7) is 6.55. The molecule has 0 aliphatic carbocycles. The van der Waals surface area contributed by atoms with Gasteiger partial charge in [-0.3, -0.25) is 0 Å². The van der Waals surface area contributed by atoms with E-state index in [1.54, 1.807) is 11.3 Å². The maximum atomic E-state index is 2.32. The van der Waals surface area contributed by atoms with Crippen molar-refractivity contribution in [3.05, 3.63) is 70.2 Å². The first-order valence-electron chi connectivity index (χ1n) is 6.80. The van der Waals surface area contributed by atoms with Gasteiger partial charge in [0.15, 0.2) is 5.69 Å². The van der Waals surface area contributed by atoms with Gasteiger partial charge >= 0.3 is 0 Å². The molecule has 0 aliphatic heterocycles. The number of rotatable bonds is 2. The van der Waals surface area contributed by atoms with Crippen LogP contribution in [-0.4, -0.2) is 0 Å². The van der Waals surface area contributed by atoms with Gasteiger partial charge in [-0.2, -0.15) is 4.57 Å². The number of thiazole rings is 1. The predicted molar refractivity (Wildman–Crippen MR) is 85.5 cm³/mol. The van der Waals surface area contributed by atoms with Crippen LogP contribution in [0.2, 0.25) is 0 Å². The first-order valence-corrected chi connectivity index (χ1v) is 7.68. The highest BCUT2D eigenvalue weighted by Crippen LogP contribution is 2.27. The standard InChI is InChI=1S/C18H18NS/c1-13-8-7-11-17(16-9-5-4-6-10-16)18(13)19-12-20-15(3)14(19)2/h4-12H,1-3H3/q+1. The highest BCUT2D eigenvalue weighted by Gasteiger charge is 2.21. The second-order valence-corrected chi connectivity index (χ2v) is 6.13. The molecule has 0 fully saturated rings. The van der Waals surface area contributed by atoms with E-state index in [-0.39, 0.29) is 0 Å². The molecular weight excluding hydrogens is 262 g/mol. The minimum atomic E-state index is 1.27. The molecule has 0 radical (unpaired) electrons. The van der Waals surface area contributed by atoms with Crippen molar-refractivity contribution in [1.29, 1.82) is 0 Å². The summed E-state index contributed by atoms with van der Waals surface area (Å²) in [6.07, 6.45) is 0. The number of aromatic nitrogens is 1. The lowest BCUT2D eigenvalue weighted by Gasteiger charge is -2.07. The molecule has 2 aromatic carbocycles. The van der Waals surface area contributed by atoms with E-state index >= 15 is 0 Å². The van der Waals surface area contributed by atoms with Crippen LogP contribution in [0.4, 0.5) is 0 Å². The Kier molecular flexibility index (Phi) is 3.41. The molecule has 1 heterocycles. The molecule has 0 atom stereocenters. The lowest BCUT2D eigenvalue weighted by molar-refractivity contribution is -0.597. The Bertz CT molecular complexity index is 741. The predicted octanol–water partition coefficient (Wildman–Crippen LogP) is 4.62. The normalized spacial score (nSPS) is 10.8. The summed E-state index contributed by atoms with van der Waals surface area (Å²) in [5.74, 6) is 0. The highest BCUT2D eigenvalue weighted by atomic mass is 32.1. The Balaban J connectivity index is 2.28. The van der Waals surface area contributed by atoms with Gasteiger partial charge in [-0.25, -0.2) is 0 Å². The molecule has 3 rings (SSSR count). The minimum Gasteiger partial charge on any atom is -0.153 e. The number of aryl methyl sites for hydroxylation is 2. The average Bonchev–Trinajstić information content (AvgIpc) is 2.80. The molecular formula is C18H18NS+. The fraction of sp³-hybridized carbons (Fsp3) is 0.167. The van der Waals surface area contributed by atoms with Crippen molar-refractivity contribution in [3.63, 3.8) is 0 Å². The van der Waals surface area contributed by atoms with E-state index in [1.807, 2.05) is 0 Å². The first-order chi connectivity index (χ1) is 9.68. The average molecular weight is 280 g/mol. The Morgan fingerprint density at radius 1 is 0.850 bits per heavy atom. The third kappa shape index (κ3) is 2.16. The van der Waals surface area contributed by atoms with Crippen LogP contribution in [0.3, 0.4) is 0 Å². The van der Waals surface area contributed by atoms with Gasteiger partial charge in [0.2, 0.25) is 11.2 Å². The first kappa shape index (κ1) is 13.1. The Morgan fingerprint density at radius 2 is 1.60 bits per heavy atom. The second kappa shape index (κ2) is 5.22. The molecule has 0 amide bonds. The van der Waals surface area contributed by atoms with Crippen molar-refractivity contribution >= 4 is 11.3 Å². The maximum Gasteiger partial charge on any atom is 0.231 e. The van der Waals surface area contributed by atoms with Crippen LogP contribution in [0.1, 0.15) is 16.1 Å². The van der Waals surface area contributed by atoms with Crippen molar-refractivity contribution in [2.45, 2.75) is 20.8 Å². The van der Waals surface area contributed by atoms with E-state index in [9.17, 15) is 0 Å². The largest absolute Gasteiger partial charge is 0.231 e. The molecule has 0 aliphatic rings. The lowest BCUT2D eigenvalue weighted by atomic mass is 10.0. The van der Waals surface area contributed by atoms with Gasteiger partial charge in [-0.05, 0) is 25.5 Å². The van der Waals surface area contributed by atoms with E-state index in [1.165, 1.54) is 32.9 Å². The zero-order valence-electron chi connectivity index (χ0n) is 12.1. The molecule has 0 spiro atoms. The Labute approximate surface area is 124 Å². The Morgan fingerprint density at radius 3 is 2.25 bits per heavy atom. The molecule has 0 saturated heterocycles. The summed E-state index contributed by atoms with van der Waals surface area (Å²) in [6, 6.07) is 17.1. The highest BCUT2D eigenvalue weighted by molar-refractivity contribution is 7.09. The number of hydrogen-bond acceptors (Lipinski definition) is 1. The van der Waals surface area contributed by atoms with Crippen molar-refractivity contribution in [2.24, 2.45) is 0 Å². The summed E-state index contributed by atoms with van der Waals surface area (Å²) < 4.78 is 2.32. The van der Waals surface area contributed by atoms with Gasteiger partial charge in [0.05, 0.1) is 10.4 Å². The molecule has 20 heavy (non-hydrogen) atoms. The minimum absolute atomic E-state index is 1.27. The van der Waals surface area contributed by atoms with Gasteiger partial charge in [-0.1, -0.05) is 53.8 Å². The lowest BCUT2D eigenvalue weighted by Crippen LogP contribution is -2.33. The summed E-state index contributed by atoms with van der Waals surface area (Å²) in [4.78, 5) is 1.37. The fourth-order valence-corrected chi connectivity index (χ4v) is 3.31. The van der Waals surface area contributed by atoms with Crippen molar-refractivity contribution in [3.8, 4) is 16.8 Å². The van der Waals surface area contributed by atoms with E-state index in [0.717, 1.165) is 0 Å². The van der Waals surface area contributed by atoms with Crippen LogP contribution in [0.5, 0.6) is 0 Å². The van der Waals surface area contributed by atoms with Crippen molar-refractivity contribution < 1.29 is 4.57 Å².